The number of pyridine rings is 2. The first-order valence-corrected chi connectivity index (χ1v) is 4.53. The van der Waals surface area contributed by atoms with Crippen LogP contribution in [0.25, 0.3) is 21.8 Å². The second kappa shape index (κ2) is 4.43. The number of hydrogen-bond donors (Lipinski definition) is 0. The summed E-state index contributed by atoms with van der Waals surface area (Å²) in [5, 5.41) is 2.33. The molecule has 74 valence electrons. The first-order valence-electron chi connectivity index (χ1n) is 4.53. The second-order valence-electron chi connectivity index (χ2n) is 3.21. The molecule has 0 radical (unpaired) electrons. The maximum Gasteiger partial charge on any atom is 0.0709 e. The van der Waals surface area contributed by atoms with E-state index in [9.17, 15) is 0 Å². The smallest absolute Gasteiger partial charge is 0.0709 e. The number of rotatable bonds is 0. The number of fused-ring (bicyclic) bond motifs is 3. The van der Waals surface area contributed by atoms with E-state index in [1.54, 1.807) is 0 Å². The summed E-state index contributed by atoms with van der Waals surface area (Å²) in [6.07, 6.45) is 3.62. The van der Waals surface area contributed by atoms with E-state index in [4.69, 9.17) is 0 Å². The normalized spacial score (nSPS) is 10.1. The van der Waals surface area contributed by atoms with Crippen LogP contribution >= 0.6 is 0 Å². The fourth-order valence-corrected chi connectivity index (χ4v) is 1.71. The van der Waals surface area contributed by atoms with Crippen molar-refractivity contribution in [3.05, 3.63) is 48.8 Å². The summed E-state index contributed by atoms with van der Waals surface area (Å²) in [4.78, 5) is 8.61. The Morgan fingerprint density at radius 2 is 1.13 bits per heavy atom. The van der Waals surface area contributed by atoms with Crippen molar-refractivity contribution in [1.82, 2.24) is 9.97 Å². The Kier molecular flexibility index (Phi) is 3.19. The molecule has 0 aliphatic carbocycles. The van der Waals surface area contributed by atoms with E-state index >= 15 is 0 Å². The molecular weight excluding hydrogens is 212 g/mol. The molecule has 0 amide bonds. The van der Waals surface area contributed by atoms with E-state index in [0.29, 0.717) is 0 Å². The molecule has 0 saturated heterocycles. The number of aromatic nitrogens is 2. The summed E-state index contributed by atoms with van der Waals surface area (Å²) < 4.78 is 0. The fourth-order valence-electron chi connectivity index (χ4n) is 1.71. The van der Waals surface area contributed by atoms with Crippen LogP contribution in [-0.4, -0.2) is 9.97 Å². The first-order chi connectivity index (χ1) is 6.95. The summed E-state index contributed by atoms with van der Waals surface area (Å²) in [6.45, 7) is 0. The summed E-state index contributed by atoms with van der Waals surface area (Å²) >= 11 is 0. The van der Waals surface area contributed by atoms with E-state index in [0.717, 1.165) is 21.8 Å². The molecular formula is C12H8ArN2. The van der Waals surface area contributed by atoms with Crippen LogP contribution in [0, 0.1) is 37.7 Å². The van der Waals surface area contributed by atoms with Crippen LogP contribution in [-0.2, 0) is 0 Å². The van der Waals surface area contributed by atoms with Gasteiger partial charge in [0.25, 0.3) is 0 Å². The molecule has 0 aliphatic heterocycles. The second-order valence-corrected chi connectivity index (χ2v) is 3.21. The van der Waals surface area contributed by atoms with Crippen LogP contribution in [0.5, 0.6) is 0 Å². The van der Waals surface area contributed by atoms with Crippen molar-refractivity contribution < 1.29 is 37.7 Å². The molecule has 0 aliphatic rings. The van der Waals surface area contributed by atoms with E-state index in [2.05, 4.69) is 22.1 Å². The van der Waals surface area contributed by atoms with Gasteiger partial charge in [-0.2, -0.15) is 0 Å². The number of nitrogens with zero attached hydrogens (tertiary/aromatic N) is 2. The topological polar surface area (TPSA) is 25.8 Å². The quantitative estimate of drug-likeness (QED) is 0.544. The van der Waals surface area contributed by atoms with Crippen molar-refractivity contribution in [3.8, 4) is 0 Å². The van der Waals surface area contributed by atoms with Gasteiger partial charge in [-0.3, -0.25) is 9.97 Å². The predicted octanol–water partition coefficient (Wildman–Crippen LogP) is 2.78. The fraction of sp³-hybridized carbons (Fsp3) is 0. The molecule has 2 nitrogen and oxygen atoms in total. The molecule has 2 aromatic heterocycles. The van der Waals surface area contributed by atoms with Crippen LogP contribution in [0.4, 0.5) is 0 Å². The zero-order chi connectivity index (χ0) is 9.38. The molecule has 15 heavy (non-hydrogen) atoms. The maximum atomic E-state index is 4.30. The molecule has 0 unspecified atom stereocenters. The Bertz CT molecular complexity index is 553. The van der Waals surface area contributed by atoms with Gasteiger partial charge >= 0.3 is 0 Å². The van der Waals surface area contributed by atoms with Crippen molar-refractivity contribution in [2.75, 3.05) is 0 Å². The first kappa shape index (κ1) is 10.8. The van der Waals surface area contributed by atoms with Crippen LogP contribution in [0.15, 0.2) is 48.8 Å². The zero-order valence-corrected chi connectivity index (χ0v) is 8.57. The third-order valence-corrected chi connectivity index (χ3v) is 2.37. The molecule has 0 bridgehead atoms. The molecule has 3 heteroatoms. The van der Waals surface area contributed by atoms with E-state index in [1.807, 2.05) is 36.7 Å². The molecule has 0 N–H and O–H groups in total. The van der Waals surface area contributed by atoms with Gasteiger partial charge in [0.1, 0.15) is 0 Å². The number of benzene rings is 1. The van der Waals surface area contributed by atoms with Gasteiger partial charge in [-0.25, -0.2) is 0 Å². The molecule has 0 atom stereocenters. The zero-order valence-electron chi connectivity index (χ0n) is 7.87. The van der Waals surface area contributed by atoms with Crippen molar-refractivity contribution in [2.45, 2.75) is 0 Å². The molecule has 1 aromatic carbocycles. The summed E-state index contributed by atoms with van der Waals surface area (Å²) in [7, 11) is 0. The maximum absolute atomic E-state index is 4.30. The van der Waals surface area contributed by atoms with Gasteiger partial charge in [-0.05, 0) is 24.3 Å². The van der Waals surface area contributed by atoms with Gasteiger partial charge in [0.2, 0.25) is 0 Å². The van der Waals surface area contributed by atoms with Gasteiger partial charge in [-0.15, -0.1) is 0 Å². The van der Waals surface area contributed by atoms with E-state index in [1.165, 1.54) is 0 Å². The summed E-state index contributed by atoms with van der Waals surface area (Å²) in [5.74, 6) is 0. The summed E-state index contributed by atoms with van der Waals surface area (Å²) in [6, 6.07) is 12.1. The minimum Gasteiger partial charge on any atom is -0.256 e. The van der Waals surface area contributed by atoms with Crippen molar-refractivity contribution >= 4 is 21.8 Å². The Labute approximate surface area is 117 Å². The Morgan fingerprint density at radius 1 is 0.667 bits per heavy atom. The average molecular weight is 220 g/mol. The van der Waals surface area contributed by atoms with E-state index < -0.39 is 0 Å². The van der Waals surface area contributed by atoms with Crippen LogP contribution in [0.1, 0.15) is 0 Å². The average Bonchev–Trinajstić information content (AvgIpc) is 2.29. The minimum absolute atomic E-state index is 0. The van der Waals surface area contributed by atoms with E-state index in [-0.39, 0.29) is 37.7 Å². The Hall–Kier alpha value is -0.700. The van der Waals surface area contributed by atoms with Crippen LogP contribution in [0.3, 0.4) is 0 Å². The van der Waals surface area contributed by atoms with Gasteiger partial charge in [0.05, 0.1) is 11.0 Å². The molecule has 0 spiro atoms. The third kappa shape index (κ3) is 1.85. The van der Waals surface area contributed by atoms with Gasteiger partial charge in [-0.1, -0.05) is 12.1 Å². The van der Waals surface area contributed by atoms with Crippen molar-refractivity contribution in [3.63, 3.8) is 0 Å². The molecule has 2 heterocycles. The van der Waals surface area contributed by atoms with Gasteiger partial charge < -0.3 is 0 Å². The Morgan fingerprint density at radius 3 is 1.60 bits per heavy atom. The minimum atomic E-state index is 0. The summed E-state index contributed by atoms with van der Waals surface area (Å²) in [5.41, 5.74) is 2.04. The SMILES string of the molecule is [Ar].c1cnc2ccc3ncccc3c2c1. The van der Waals surface area contributed by atoms with Crippen molar-refractivity contribution in [1.29, 1.82) is 0 Å². The molecule has 0 fully saturated rings. The molecule has 0 saturated carbocycles. The molecule has 3 rings (SSSR count). The standard InChI is InChI=1S/C12H8N2.Ar/c1-3-9-10-4-2-8-14-12(10)6-5-11(9)13-7-1;/h1-8H;. The molecule has 3 aromatic rings. The monoisotopic (exact) mass is 220 g/mol. The Balaban J connectivity index is 0.000000853. The van der Waals surface area contributed by atoms with Crippen molar-refractivity contribution in [2.24, 2.45) is 0 Å². The number of hydrogen-bond acceptors (Lipinski definition) is 2. The van der Waals surface area contributed by atoms with Gasteiger partial charge in [0, 0.05) is 60.9 Å². The van der Waals surface area contributed by atoms with Crippen LogP contribution < -0.4 is 0 Å². The largest absolute Gasteiger partial charge is 0.256 e. The predicted molar refractivity (Wildman–Crippen MR) is 57.0 cm³/mol. The van der Waals surface area contributed by atoms with Crippen LogP contribution in [0.2, 0.25) is 0 Å². The van der Waals surface area contributed by atoms with Gasteiger partial charge in [0.15, 0.2) is 0 Å². The third-order valence-electron chi connectivity index (χ3n) is 2.37.